The molecule has 4 aliphatic rings. The number of carbonyl (C=O) groups excluding carboxylic acids is 1. The first-order chi connectivity index (χ1) is 15.2. The van der Waals surface area contributed by atoms with Crippen molar-refractivity contribution in [1.29, 1.82) is 0 Å². The number of halogens is 3. The largest absolute Gasteiger partial charge is 0.319 e. The molecule has 1 aliphatic heterocycles. The lowest BCUT2D eigenvalue weighted by Crippen LogP contribution is -2.44. The van der Waals surface area contributed by atoms with Crippen molar-refractivity contribution in [2.75, 3.05) is 18.4 Å². The van der Waals surface area contributed by atoms with Crippen molar-refractivity contribution in [3.63, 3.8) is 0 Å². The van der Waals surface area contributed by atoms with Crippen LogP contribution >= 0.6 is 37.2 Å². The molecule has 1 saturated heterocycles. The second-order valence-electron chi connectivity index (χ2n) is 10.1. The standard InChI is InChI=1S/C25H33N5O.3ClH/c31-25(28-21-14-26-30(16-21)15-17-4-5-17)19-3-1-2-18(12-19)23-13-24(23)27-20-8-10-29(11-9-20)22-6-7-22;;;/h1-3,12,14,16-17,20,22-24,27H,4-11,13,15H2,(H,28,31);3*1H/t23-,24+;;;/m0.../s1. The first kappa shape index (κ1) is 27.3. The van der Waals surface area contributed by atoms with Crippen LogP contribution in [0.15, 0.2) is 36.7 Å². The number of rotatable bonds is 8. The van der Waals surface area contributed by atoms with E-state index in [9.17, 15) is 4.79 Å². The molecule has 0 bridgehead atoms. The minimum Gasteiger partial charge on any atom is -0.319 e. The van der Waals surface area contributed by atoms with Gasteiger partial charge in [0, 0.05) is 42.3 Å². The van der Waals surface area contributed by atoms with E-state index in [-0.39, 0.29) is 43.1 Å². The summed E-state index contributed by atoms with van der Waals surface area (Å²) in [7, 11) is 0. The summed E-state index contributed by atoms with van der Waals surface area (Å²) in [5.41, 5.74) is 2.79. The molecule has 2 aromatic rings. The Morgan fingerprint density at radius 3 is 2.50 bits per heavy atom. The SMILES string of the molecule is Cl.Cl.Cl.O=C(Nc1cnn(CC2CC2)c1)c1cccc([C@@H]2C[C@H]2NC2CCN(C3CC3)CC2)c1. The number of nitrogens with one attached hydrogen (secondary N) is 2. The Morgan fingerprint density at radius 2 is 1.79 bits per heavy atom. The van der Waals surface area contributed by atoms with Gasteiger partial charge in [0.15, 0.2) is 0 Å². The molecule has 9 heteroatoms. The Bertz CT molecular complexity index is 954. The van der Waals surface area contributed by atoms with E-state index in [4.69, 9.17) is 0 Å². The van der Waals surface area contributed by atoms with Gasteiger partial charge in [-0.3, -0.25) is 9.48 Å². The minimum absolute atomic E-state index is 0. The number of hydrogen-bond acceptors (Lipinski definition) is 4. The van der Waals surface area contributed by atoms with Crippen molar-refractivity contribution in [2.24, 2.45) is 5.92 Å². The second-order valence-corrected chi connectivity index (χ2v) is 10.1. The number of carbonyl (C=O) groups is 1. The summed E-state index contributed by atoms with van der Waals surface area (Å²) in [6.07, 6.45) is 12.8. The lowest BCUT2D eigenvalue weighted by Gasteiger charge is -2.32. The lowest BCUT2D eigenvalue weighted by atomic mass is 10.0. The summed E-state index contributed by atoms with van der Waals surface area (Å²) in [5.74, 6) is 1.26. The highest BCUT2D eigenvalue weighted by molar-refractivity contribution is 6.04. The molecule has 0 spiro atoms. The topological polar surface area (TPSA) is 62.2 Å². The van der Waals surface area contributed by atoms with Gasteiger partial charge in [0.25, 0.3) is 5.91 Å². The van der Waals surface area contributed by atoms with Crippen LogP contribution in [0.5, 0.6) is 0 Å². The van der Waals surface area contributed by atoms with Crippen LogP contribution in [0, 0.1) is 5.92 Å². The molecular formula is C25H36Cl3N5O. The molecule has 188 valence electrons. The number of aromatic nitrogens is 2. The summed E-state index contributed by atoms with van der Waals surface area (Å²) >= 11 is 0. The van der Waals surface area contributed by atoms with E-state index < -0.39 is 0 Å². The van der Waals surface area contributed by atoms with E-state index in [1.54, 1.807) is 6.20 Å². The number of anilines is 1. The van der Waals surface area contributed by atoms with E-state index in [1.807, 2.05) is 23.0 Å². The van der Waals surface area contributed by atoms with Gasteiger partial charge in [0.2, 0.25) is 0 Å². The second kappa shape index (κ2) is 11.6. The fraction of sp³-hybridized carbons (Fsp3) is 0.600. The van der Waals surface area contributed by atoms with E-state index in [1.165, 1.54) is 63.6 Å². The third kappa shape index (κ3) is 6.67. The van der Waals surface area contributed by atoms with Crippen LogP contribution < -0.4 is 10.6 Å². The van der Waals surface area contributed by atoms with Crippen LogP contribution in [0.25, 0.3) is 0 Å². The molecule has 2 heterocycles. The summed E-state index contributed by atoms with van der Waals surface area (Å²) in [4.78, 5) is 15.5. The molecule has 1 aromatic heterocycles. The van der Waals surface area contributed by atoms with Crippen LogP contribution in [0.2, 0.25) is 0 Å². The number of piperidine rings is 1. The van der Waals surface area contributed by atoms with Crippen molar-refractivity contribution in [1.82, 2.24) is 20.0 Å². The van der Waals surface area contributed by atoms with Crippen LogP contribution in [-0.2, 0) is 6.54 Å². The molecular weight excluding hydrogens is 493 g/mol. The highest BCUT2D eigenvalue weighted by Gasteiger charge is 2.40. The molecule has 34 heavy (non-hydrogen) atoms. The maximum atomic E-state index is 12.8. The molecule has 2 N–H and O–H groups in total. The molecule has 6 nitrogen and oxygen atoms in total. The zero-order valence-corrected chi connectivity index (χ0v) is 21.8. The van der Waals surface area contributed by atoms with Gasteiger partial charge in [-0.15, -0.1) is 37.2 Å². The zero-order valence-electron chi connectivity index (χ0n) is 19.4. The molecule has 0 unspecified atom stereocenters. The van der Waals surface area contributed by atoms with Crippen molar-refractivity contribution < 1.29 is 4.79 Å². The van der Waals surface area contributed by atoms with E-state index >= 15 is 0 Å². The van der Waals surface area contributed by atoms with Crippen LogP contribution in [0.1, 0.15) is 66.8 Å². The minimum atomic E-state index is -0.0505. The smallest absolute Gasteiger partial charge is 0.255 e. The third-order valence-electron chi connectivity index (χ3n) is 7.44. The number of likely N-dealkylation sites (tertiary alicyclic amines) is 1. The highest BCUT2D eigenvalue weighted by atomic mass is 35.5. The van der Waals surface area contributed by atoms with E-state index in [0.29, 0.717) is 18.0 Å². The zero-order chi connectivity index (χ0) is 20.8. The predicted molar refractivity (Wildman–Crippen MR) is 143 cm³/mol. The Balaban J connectivity index is 0.00000108. The van der Waals surface area contributed by atoms with Gasteiger partial charge in [-0.2, -0.15) is 5.10 Å². The fourth-order valence-electron chi connectivity index (χ4n) is 5.13. The first-order valence-electron chi connectivity index (χ1n) is 12.1. The van der Waals surface area contributed by atoms with Gasteiger partial charge in [-0.25, -0.2) is 0 Å². The van der Waals surface area contributed by atoms with Gasteiger partial charge < -0.3 is 15.5 Å². The predicted octanol–water partition coefficient (Wildman–Crippen LogP) is 4.88. The summed E-state index contributed by atoms with van der Waals surface area (Å²) in [6, 6.07) is 10.3. The number of hydrogen-bond donors (Lipinski definition) is 2. The monoisotopic (exact) mass is 527 g/mol. The van der Waals surface area contributed by atoms with Crippen LogP contribution in [-0.4, -0.2) is 51.8 Å². The quantitative estimate of drug-likeness (QED) is 0.512. The normalized spacial score (nSPS) is 24.4. The number of amides is 1. The summed E-state index contributed by atoms with van der Waals surface area (Å²) in [5, 5.41) is 11.3. The van der Waals surface area contributed by atoms with Crippen LogP contribution in [0.4, 0.5) is 5.69 Å². The van der Waals surface area contributed by atoms with E-state index in [0.717, 1.165) is 29.8 Å². The Morgan fingerprint density at radius 1 is 1.03 bits per heavy atom. The lowest BCUT2D eigenvalue weighted by molar-refractivity contribution is 0.102. The molecule has 0 radical (unpaired) electrons. The fourth-order valence-corrected chi connectivity index (χ4v) is 5.13. The highest BCUT2D eigenvalue weighted by Crippen LogP contribution is 2.42. The molecule has 3 aliphatic carbocycles. The van der Waals surface area contributed by atoms with Crippen molar-refractivity contribution in [3.05, 3.63) is 47.8 Å². The molecule has 1 aromatic carbocycles. The van der Waals surface area contributed by atoms with Gasteiger partial charge in [-0.1, -0.05) is 12.1 Å². The van der Waals surface area contributed by atoms with Crippen LogP contribution in [0.3, 0.4) is 0 Å². The Hall–Kier alpha value is -1.31. The maximum absolute atomic E-state index is 12.8. The number of benzene rings is 1. The molecule has 3 saturated carbocycles. The van der Waals surface area contributed by atoms with Gasteiger partial charge in [-0.05, 0) is 81.6 Å². The van der Waals surface area contributed by atoms with Gasteiger partial charge in [0.05, 0.1) is 11.9 Å². The third-order valence-corrected chi connectivity index (χ3v) is 7.44. The molecule has 1 amide bonds. The molecule has 2 atom stereocenters. The van der Waals surface area contributed by atoms with Gasteiger partial charge in [0.1, 0.15) is 0 Å². The first-order valence-corrected chi connectivity index (χ1v) is 12.1. The van der Waals surface area contributed by atoms with E-state index in [2.05, 4.69) is 32.8 Å². The summed E-state index contributed by atoms with van der Waals surface area (Å²) < 4.78 is 1.94. The average molecular weight is 529 g/mol. The summed E-state index contributed by atoms with van der Waals surface area (Å²) in [6.45, 7) is 3.47. The Labute approximate surface area is 220 Å². The number of nitrogens with zero attached hydrogens (tertiary/aromatic N) is 3. The molecule has 4 fully saturated rings. The van der Waals surface area contributed by atoms with Crippen molar-refractivity contribution in [2.45, 2.75) is 75.5 Å². The average Bonchev–Trinajstić information content (AvgIpc) is 3.65. The van der Waals surface area contributed by atoms with Crippen molar-refractivity contribution >= 4 is 48.8 Å². The molecule has 6 rings (SSSR count). The Kier molecular flexibility index (Phi) is 9.32. The maximum Gasteiger partial charge on any atom is 0.255 e. The van der Waals surface area contributed by atoms with Gasteiger partial charge >= 0.3 is 0 Å². The van der Waals surface area contributed by atoms with Crippen molar-refractivity contribution in [3.8, 4) is 0 Å².